The van der Waals surface area contributed by atoms with E-state index in [1.54, 1.807) is 0 Å². The van der Waals surface area contributed by atoms with Gasteiger partial charge in [-0.1, -0.05) is 6.58 Å². The molecule has 0 heterocycles. The Bertz CT molecular complexity index is 171. The summed E-state index contributed by atoms with van der Waals surface area (Å²) in [5, 5.41) is 7.94. The molecule has 11 heavy (non-hydrogen) atoms. The highest BCUT2D eigenvalue weighted by molar-refractivity contribution is 7.94. The van der Waals surface area contributed by atoms with Crippen LogP contribution in [-0.2, 0) is 14.6 Å². The Hall–Kier alpha value is -0.390. The Morgan fingerprint density at radius 3 is 2.27 bits per heavy atom. The molecule has 5 heteroatoms. The Morgan fingerprint density at radius 1 is 1.55 bits per heavy atom. The van der Waals surface area contributed by atoms with Gasteiger partial charge in [0.25, 0.3) is 0 Å². The van der Waals surface area contributed by atoms with E-state index in [2.05, 4.69) is 11.3 Å². The van der Waals surface area contributed by atoms with Gasteiger partial charge in [0, 0.05) is 19.6 Å². The van der Waals surface area contributed by atoms with Crippen LogP contribution >= 0.6 is 0 Å². The first-order valence-corrected chi connectivity index (χ1v) is 4.63. The van der Waals surface area contributed by atoms with Gasteiger partial charge in [0.1, 0.15) is 0 Å². The third kappa shape index (κ3) is 9.61. The van der Waals surface area contributed by atoms with Crippen molar-refractivity contribution in [3.05, 3.63) is 12.0 Å². The molecular weight excluding hydrogens is 168 g/mol. The third-order valence-corrected chi connectivity index (χ3v) is 2.07. The number of hydrogen-bond donors (Lipinski definition) is 1. The summed E-state index contributed by atoms with van der Waals surface area (Å²) >= 11 is 0. The first kappa shape index (κ1) is 13.2. The molecule has 0 aliphatic rings. The summed E-state index contributed by atoms with van der Waals surface area (Å²) in [7, 11) is -0.586. The fourth-order valence-corrected chi connectivity index (χ4v) is 0.848. The van der Waals surface area contributed by atoms with Crippen molar-refractivity contribution < 1.29 is 18.3 Å². The average Bonchev–Trinajstić information content (AvgIpc) is 2.05. The number of sulfone groups is 1. The molecule has 0 aromatic carbocycles. The monoisotopic (exact) mass is 182 g/mol. The minimum absolute atomic E-state index is 0.0208. The molecule has 0 atom stereocenters. The van der Waals surface area contributed by atoms with Crippen LogP contribution in [0.25, 0.3) is 0 Å². The summed E-state index contributed by atoms with van der Waals surface area (Å²) in [5.41, 5.74) is 0. The van der Waals surface area contributed by atoms with Gasteiger partial charge in [-0.05, 0) is 0 Å². The molecule has 68 valence electrons. The van der Waals surface area contributed by atoms with Gasteiger partial charge in [0.15, 0.2) is 9.84 Å². The number of rotatable bonds is 4. The molecule has 4 nitrogen and oxygen atoms in total. The van der Waals surface area contributed by atoms with E-state index < -0.39 is 9.84 Å². The molecule has 0 amide bonds. The molecule has 0 radical (unpaired) electrons. The lowest BCUT2D eigenvalue weighted by Gasteiger charge is -1.94. The van der Waals surface area contributed by atoms with E-state index >= 15 is 0 Å². The van der Waals surface area contributed by atoms with Crippen molar-refractivity contribution in [1.82, 2.24) is 0 Å². The summed E-state index contributed by atoms with van der Waals surface area (Å²) in [6.07, 6.45) is 0. The van der Waals surface area contributed by atoms with Gasteiger partial charge in [-0.2, -0.15) is 0 Å². The number of methoxy groups -OCH3 is 1. The van der Waals surface area contributed by atoms with Crippen LogP contribution in [0.1, 0.15) is 0 Å². The highest BCUT2D eigenvalue weighted by atomic mass is 32.2. The van der Waals surface area contributed by atoms with E-state index in [1.165, 1.54) is 7.11 Å². The number of hydrogen-bond acceptors (Lipinski definition) is 4. The molecule has 0 bridgehead atoms. The molecular formula is C6H14O4S. The van der Waals surface area contributed by atoms with Crippen LogP contribution in [0.4, 0.5) is 0 Å². The van der Waals surface area contributed by atoms with Crippen molar-refractivity contribution in [2.24, 2.45) is 0 Å². The molecule has 0 saturated carbocycles. The zero-order chi connectivity index (χ0) is 9.33. The van der Waals surface area contributed by atoms with Crippen LogP contribution in [0.15, 0.2) is 12.0 Å². The molecule has 1 N–H and O–H groups in total. The molecule has 0 unspecified atom stereocenters. The summed E-state index contributed by atoms with van der Waals surface area (Å²) in [4.78, 5) is 0. The molecule has 0 spiro atoms. The van der Waals surface area contributed by atoms with Gasteiger partial charge in [0.05, 0.1) is 12.4 Å². The van der Waals surface area contributed by atoms with Crippen LogP contribution in [0.3, 0.4) is 0 Å². The van der Waals surface area contributed by atoms with E-state index in [1.807, 2.05) is 0 Å². The first-order valence-electron chi connectivity index (χ1n) is 2.91. The maximum Gasteiger partial charge on any atom is 0.173 e. The predicted molar refractivity (Wildman–Crippen MR) is 44.0 cm³/mol. The van der Waals surface area contributed by atoms with Crippen molar-refractivity contribution in [2.75, 3.05) is 26.6 Å². The van der Waals surface area contributed by atoms with Crippen molar-refractivity contribution in [3.8, 4) is 0 Å². The smallest absolute Gasteiger partial charge is 0.173 e. The van der Waals surface area contributed by atoms with Crippen LogP contribution in [0.2, 0.25) is 0 Å². The highest BCUT2D eigenvalue weighted by Crippen LogP contribution is 1.88. The minimum Gasteiger partial charge on any atom is -0.400 e. The molecule has 0 rings (SSSR count). The predicted octanol–water partition coefficient (Wildman–Crippen LogP) is -0.200. The molecule has 0 aromatic rings. The Morgan fingerprint density at radius 2 is 2.00 bits per heavy atom. The average molecular weight is 182 g/mol. The van der Waals surface area contributed by atoms with Crippen molar-refractivity contribution in [1.29, 1.82) is 0 Å². The Labute approximate surface area is 67.4 Å². The van der Waals surface area contributed by atoms with Gasteiger partial charge >= 0.3 is 0 Å². The Balaban J connectivity index is 0. The van der Waals surface area contributed by atoms with Crippen LogP contribution < -0.4 is 0 Å². The second kappa shape index (κ2) is 7.71. The fraction of sp³-hybridized carbons (Fsp3) is 0.667. The van der Waals surface area contributed by atoms with Gasteiger partial charge in [-0.25, -0.2) is 8.42 Å². The number of aliphatic hydroxyl groups excluding tert-OH is 1. The zero-order valence-electron chi connectivity index (χ0n) is 6.78. The first-order chi connectivity index (χ1) is 5.12. The van der Waals surface area contributed by atoms with E-state index in [-0.39, 0.29) is 12.4 Å². The molecule has 0 aliphatic heterocycles. The maximum absolute atomic E-state index is 10.6. The lowest BCUT2D eigenvalue weighted by molar-refractivity contribution is 0.217. The fourth-order valence-electron chi connectivity index (χ4n) is 0.283. The quantitative estimate of drug-likeness (QED) is 0.654. The standard InChI is InChI=1S/C5H10O3S.CH4O/c1-3-9(6,7)5-4-8-2;1-2/h3H,1,4-5H2,2H3;2H,1H3. The Kier molecular flexibility index (Phi) is 9.27. The highest BCUT2D eigenvalue weighted by Gasteiger charge is 2.01. The van der Waals surface area contributed by atoms with Gasteiger partial charge in [-0.3, -0.25) is 0 Å². The zero-order valence-corrected chi connectivity index (χ0v) is 7.60. The molecule has 0 saturated heterocycles. The third-order valence-electron chi connectivity index (χ3n) is 0.826. The number of ether oxygens (including phenoxy) is 1. The summed E-state index contributed by atoms with van der Waals surface area (Å²) in [6, 6.07) is 0. The van der Waals surface area contributed by atoms with Crippen LogP contribution in [-0.4, -0.2) is 40.1 Å². The van der Waals surface area contributed by atoms with Crippen molar-refractivity contribution >= 4 is 9.84 Å². The second-order valence-electron chi connectivity index (χ2n) is 1.53. The molecule has 0 aliphatic carbocycles. The van der Waals surface area contributed by atoms with Gasteiger partial charge < -0.3 is 9.84 Å². The normalized spacial score (nSPS) is 9.73. The number of aliphatic hydroxyl groups is 1. The van der Waals surface area contributed by atoms with Crippen molar-refractivity contribution in [2.45, 2.75) is 0 Å². The van der Waals surface area contributed by atoms with Gasteiger partial charge in [-0.15, -0.1) is 0 Å². The van der Waals surface area contributed by atoms with E-state index in [9.17, 15) is 8.42 Å². The second-order valence-corrected chi connectivity index (χ2v) is 3.59. The van der Waals surface area contributed by atoms with Gasteiger partial charge in [0.2, 0.25) is 0 Å². The lowest BCUT2D eigenvalue weighted by Crippen LogP contribution is -2.07. The summed E-state index contributed by atoms with van der Waals surface area (Å²) in [5.74, 6) is 0.0208. The van der Waals surface area contributed by atoms with E-state index in [0.29, 0.717) is 0 Å². The van der Waals surface area contributed by atoms with E-state index in [4.69, 9.17) is 5.11 Å². The molecule has 0 fully saturated rings. The largest absolute Gasteiger partial charge is 0.400 e. The summed E-state index contributed by atoms with van der Waals surface area (Å²) in [6.45, 7) is 3.37. The summed E-state index contributed by atoms with van der Waals surface area (Å²) < 4.78 is 25.7. The lowest BCUT2D eigenvalue weighted by atomic mass is 10.9. The van der Waals surface area contributed by atoms with Crippen molar-refractivity contribution in [3.63, 3.8) is 0 Å². The minimum atomic E-state index is -3.04. The topological polar surface area (TPSA) is 63.6 Å². The van der Waals surface area contributed by atoms with E-state index in [0.717, 1.165) is 12.5 Å². The SMILES string of the molecule is C=CS(=O)(=O)CCOC.CO. The van der Waals surface area contributed by atoms with Crippen LogP contribution in [0.5, 0.6) is 0 Å². The maximum atomic E-state index is 10.6. The molecule has 0 aromatic heterocycles. The van der Waals surface area contributed by atoms with Crippen LogP contribution in [0, 0.1) is 0 Å².